The maximum absolute atomic E-state index is 12.1. The third-order valence-electron chi connectivity index (χ3n) is 2.78. The SMILES string of the molecule is Cc1nc(S(=O)(=O)Nc2ccc(C(N)=S)cc2)cn1C. The molecule has 20 heavy (non-hydrogen) atoms. The van der Waals surface area contributed by atoms with Crippen molar-refractivity contribution in [1.29, 1.82) is 0 Å². The highest BCUT2D eigenvalue weighted by Gasteiger charge is 2.18. The van der Waals surface area contributed by atoms with Gasteiger partial charge in [0.2, 0.25) is 0 Å². The number of aromatic nitrogens is 2. The Kier molecular flexibility index (Phi) is 3.78. The molecule has 1 aromatic carbocycles. The summed E-state index contributed by atoms with van der Waals surface area (Å²) in [6, 6.07) is 6.51. The van der Waals surface area contributed by atoms with Gasteiger partial charge in [-0.05, 0) is 31.2 Å². The van der Waals surface area contributed by atoms with Gasteiger partial charge in [0.1, 0.15) is 10.8 Å². The highest BCUT2D eigenvalue weighted by Crippen LogP contribution is 2.16. The minimum Gasteiger partial charge on any atom is -0.389 e. The first-order valence-corrected chi connectivity index (χ1v) is 7.61. The average Bonchev–Trinajstić information content (AvgIpc) is 2.71. The Morgan fingerprint density at radius 2 is 1.95 bits per heavy atom. The maximum atomic E-state index is 12.1. The predicted molar refractivity (Wildman–Crippen MR) is 81.1 cm³/mol. The number of nitrogens with zero attached hydrogens (tertiary/aromatic N) is 2. The summed E-state index contributed by atoms with van der Waals surface area (Å²) in [5.41, 5.74) is 6.58. The molecule has 0 atom stereocenters. The Morgan fingerprint density at radius 3 is 2.40 bits per heavy atom. The van der Waals surface area contributed by atoms with Crippen molar-refractivity contribution >= 4 is 32.9 Å². The Morgan fingerprint density at radius 1 is 1.35 bits per heavy atom. The Balaban J connectivity index is 2.26. The molecule has 1 heterocycles. The number of benzene rings is 1. The summed E-state index contributed by atoms with van der Waals surface area (Å²) in [5, 5.41) is -0.0177. The third-order valence-corrected chi connectivity index (χ3v) is 4.27. The van der Waals surface area contributed by atoms with Crippen LogP contribution in [0.5, 0.6) is 0 Å². The van der Waals surface area contributed by atoms with Gasteiger partial charge in [0, 0.05) is 24.5 Å². The largest absolute Gasteiger partial charge is 0.389 e. The molecule has 2 aromatic rings. The Hall–Kier alpha value is -1.93. The predicted octanol–water partition coefficient (Wildman–Crippen LogP) is 1.16. The van der Waals surface area contributed by atoms with E-state index < -0.39 is 10.0 Å². The zero-order valence-corrected chi connectivity index (χ0v) is 12.6. The van der Waals surface area contributed by atoms with Gasteiger partial charge in [-0.25, -0.2) is 4.98 Å². The van der Waals surface area contributed by atoms with E-state index in [1.165, 1.54) is 6.20 Å². The van der Waals surface area contributed by atoms with Crippen LogP contribution in [-0.4, -0.2) is 23.0 Å². The van der Waals surface area contributed by atoms with Gasteiger partial charge in [0.05, 0.1) is 0 Å². The molecule has 0 radical (unpaired) electrons. The molecule has 106 valence electrons. The molecule has 2 rings (SSSR count). The van der Waals surface area contributed by atoms with Gasteiger partial charge in [-0.15, -0.1) is 0 Å². The first kappa shape index (κ1) is 14.5. The van der Waals surface area contributed by atoms with E-state index >= 15 is 0 Å². The molecule has 1 aromatic heterocycles. The normalized spacial score (nSPS) is 11.3. The monoisotopic (exact) mass is 310 g/mol. The number of hydrogen-bond donors (Lipinski definition) is 2. The van der Waals surface area contributed by atoms with Crippen LogP contribution in [0.1, 0.15) is 11.4 Å². The fraction of sp³-hybridized carbons (Fsp3) is 0.167. The zero-order chi connectivity index (χ0) is 14.9. The van der Waals surface area contributed by atoms with Gasteiger partial charge in [0.15, 0.2) is 5.03 Å². The molecule has 0 spiro atoms. The number of anilines is 1. The van der Waals surface area contributed by atoms with Crippen LogP contribution >= 0.6 is 12.2 Å². The van der Waals surface area contributed by atoms with E-state index in [2.05, 4.69) is 9.71 Å². The van der Waals surface area contributed by atoms with E-state index in [1.54, 1.807) is 42.8 Å². The standard InChI is InChI=1S/C12H14N4O2S2/c1-8-14-11(7-16(8)2)20(17,18)15-10-5-3-9(4-6-10)12(13)19/h3-7,15H,1-2H3,(H2,13,19). The highest BCUT2D eigenvalue weighted by atomic mass is 32.2. The van der Waals surface area contributed by atoms with Crippen LogP contribution in [0.25, 0.3) is 0 Å². The van der Waals surface area contributed by atoms with E-state index in [0.29, 0.717) is 17.1 Å². The van der Waals surface area contributed by atoms with Crippen molar-refractivity contribution in [2.75, 3.05) is 4.72 Å². The van der Waals surface area contributed by atoms with Crippen molar-refractivity contribution in [2.45, 2.75) is 11.9 Å². The van der Waals surface area contributed by atoms with Crippen LogP contribution in [0.3, 0.4) is 0 Å². The molecule has 0 aliphatic rings. The van der Waals surface area contributed by atoms with Crippen molar-refractivity contribution < 1.29 is 8.42 Å². The number of thiocarbonyl (C=S) groups is 1. The summed E-state index contributed by atoms with van der Waals surface area (Å²) in [6.07, 6.45) is 1.46. The van der Waals surface area contributed by atoms with Crippen molar-refractivity contribution in [3.05, 3.63) is 41.9 Å². The number of rotatable bonds is 4. The third kappa shape index (κ3) is 2.97. The zero-order valence-electron chi connectivity index (χ0n) is 11.0. The fourth-order valence-electron chi connectivity index (χ4n) is 1.57. The van der Waals surface area contributed by atoms with Crippen molar-refractivity contribution in [1.82, 2.24) is 9.55 Å². The van der Waals surface area contributed by atoms with Crippen LogP contribution in [0, 0.1) is 6.92 Å². The van der Waals surface area contributed by atoms with Crippen LogP contribution in [0.15, 0.2) is 35.5 Å². The molecule has 0 bridgehead atoms. The summed E-state index contributed by atoms with van der Waals surface area (Å²) < 4.78 is 28.4. The van der Waals surface area contributed by atoms with Gasteiger partial charge in [-0.3, -0.25) is 4.72 Å². The highest BCUT2D eigenvalue weighted by molar-refractivity contribution is 7.92. The minimum atomic E-state index is -3.69. The fourth-order valence-corrected chi connectivity index (χ4v) is 2.80. The molecule has 8 heteroatoms. The first-order valence-electron chi connectivity index (χ1n) is 5.72. The van der Waals surface area contributed by atoms with E-state index in [1.807, 2.05) is 0 Å². The van der Waals surface area contributed by atoms with E-state index in [9.17, 15) is 8.42 Å². The molecule has 0 fully saturated rings. The van der Waals surface area contributed by atoms with Crippen molar-refractivity contribution in [3.63, 3.8) is 0 Å². The van der Waals surface area contributed by atoms with Crippen LogP contribution in [-0.2, 0) is 17.1 Å². The number of sulfonamides is 1. The van der Waals surface area contributed by atoms with E-state index in [0.717, 1.165) is 0 Å². The van der Waals surface area contributed by atoms with Crippen LogP contribution in [0.4, 0.5) is 5.69 Å². The summed E-state index contributed by atoms with van der Waals surface area (Å²) >= 11 is 4.84. The molecule has 0 saturated carbocycles. The molecule has 0 aliphatic carbocycles. The topological polar surface area (TPSA) is 90.0 Å². The lowest BCUT2D eigenvalue weighted by Crippen LogP contribution is -2.14. The minimum absolute atomic E-state index is 0.0177. The van der Waals surface area contributed by atoms with Gasteiger partial charge in [-0.2, -0.15) is 8.42 Å². The Bertz CT molecular complexity index is 729. The Labute approximate surface area is 122 Å². The quantitative estimate of drug-likeness (QED) is 0.827. The molecule has 0 amide bonds. The summed E-state index contributed by atoms with van der Waals surface area (Å²) in [5.74, 6) is 0.620. The lowest BCUT2D eigenvalue weighted by molar-refractivity contribution is 0.598. The number of nitrogens with one attached hydrogen (secondary N) is 1. The average molecular weight is 310 g/mol. The van der Waals surface area contributed by atoms with Gasteiger partial charge >= 0.3 is 0 Å². The van der Waals surface area contributed by atoms with E-state index in [4.69, 9.17) is 18.0 Å². The number of hydrogen-bond acceptors (Lipinski definition) is 4. The second-order valence-corrected chi connectivity index (χ2v) is 6.35. The van der Waals surface area contributed by atoms with Crippen molar-refractivity contribution in [2.24, 2.45) is 12.8 Å². The van der Waals surface area contributed by atoms with Crippen molar-refractivity contribution in [3.8, 4) is 0 Å². The molecule has 6 nitrogen and oxygen atoms in total. The van der Waals surface area contributed by atoms with E-state index in [-0.39, 0.29) is 10.0 Å². The molecule has 0 unspecified atom stereocenters. The summed E-state index contributed by atoms with van der Waals surface area (Å²) in [4.78, 5) is 4.26. The molecule has 0 aliphatic heterocycles. The smallest absolute Gasteiger partial charge is 0.280 e. The second-order valence-electron chi connectivity index (χ2n) is 4.28. The van der Waals surface area contributed by atoms with Crippen LogP contribution < -0.4 is 10.5 Å². The molecule has 0 saturated heterocycles. The number of nitrogens with two attached hydrogens (primary N) is 1. The first-order chi connectivity index (χ1) is 9.29. The van der Waals surface area contributed by atoms with Gasteiger partial charge in [0.25, 0.3) is 10.0 Å². The summed E-state index contributed by atoms with van der Waals surface area (Å²) in [7, 11) is -1.96. The lowest BCUT2D eigenvalue weighted by Gasteiger charge is -2.06. The summed E-state index contributed by atoms with van der Waals surface area (Å²) in [6.45, 7) is 1.73. The maximum Gasteiger partial charge on any atom is 0.280 e. The van der Waals surface area contributed by atoms with Gasteiger partial charge in [-0.1, -0.05) is 12.2 Å². The van der Waals surface area contributed by atoms with Gasteiger partial charge < -0.3 is 10.3 Å². The number of imidazole rings is 1. The lowest BCUT2D eigenvalue weighted by atomic mass is 10.2. The molecular weight excluding hydrogens is 296 g/mol. The van der Waals surface area contributed by atoms with Crippen LogP contribution in [0.2, 0.25) is 0 Å². The second kappa shape index (κ2) is 5.22. The molecule has 3 N–H and O–H groups in total. The number of aryl methyl sites for hydroxylation is 2. The molecular formula is C12H14N4O2S2.